The molecule has 1 aliphatic heterocycles. The van der Waals surface area contributed by atoms with Gasteiger partial charge in [0.1, 0.15) is 18.1 Å². The van der Waals surface area contributed by atoms with Crippen LogP contribution in [-0.2, 0) is 24.3 Å². The number of nitrogens with one attached hydrogen (secondary N) is 2. The Hall–Kier alpha value is -4.29. The van der Waals surface area contributed by atoms with Gasteiger partial charge in [-0.25, -0.2) is 18.2 Å². The van der Waals surface area contributed by atoms with E-state index in [-0.39, 0.29) is 29.2 Å². The molecule has 10 nitrogen and oxygen atoms in total. The monoisotopic (exact) mass is 582 g/mol. The average molecular weight is 583 g/mol. The number of carbonyl (C=O) groups excluding carboxylic acids is 2. The number of aryl methyl sites for hydroxylation is 1. The Kier molecular flexibility index (Phi) is 10.0. The van der Waals surface area contributed by atoms with Crippen LogP contribution in [0.4, 0.5) is 10.1 Å². The van der Waals surface area contributed by atoms with Crippen molar-refractivity contribution in [3.63, 3.8) is 0 Å². The molecule has 2 amide bonds. The Bertz CT molecular complexity index is 1460. The van der Waals surface area contributed by atoms with E-state index in [1.807, 2.05) is 6.92 Å². The fourth-order valence-electron chi connectivity index (χ4n) is 3.99. The number of sulfonamides is 1. The number of hydrogen-bond acceptors (Lipinski definition) is 7. The topological polar surface area (TPSA) is 126 Å². The lowest BCUT2D eigenvalue weighted by atomic mass is 10.2. The lowest BCUT2D eigenvalue weighted by molar-refractivity contribution is -0.123. The fourth-order valence-corrected chi connectivity index (χ4v) is 5.41. The summed E-state index contributed by atoms with van der Waals surface area (Å²) in [6.07, 6.45) is 3.38. The fraction of sp³-hybridized carbons (Fsp3) is 0.276. The summed E-state index contributed by atoms with van der Waals surface area (Å²) in [7, 11) is -4.18. The van der Waals surface area contributed by atoms with Crippen molar-refractivity contribution in [3.8, 4) is 5.75 Å². The second-order valence-electron chi connectivity index (χ2n) is 9.39. The van der Waals surface area contributed by atoms with Crippen molar-refractivity contribution in [2.75, 3.05) is 30.6 Å². The smallest absolute Gasteiger partial charge is 0.264 e. The quantitative estimate of drug-likeness (QED) is 0.250. The molecule has 0 bridgehead atoms. The lowest BCUT2D eigenvalue weighted by Gasteiger charge is -2.23. The van der Waals surface area contributed by atoms with Gasteiger partial charge in [0.15, 0.2) is 6.61 Å². The summed E-state index contributed by atoms with van der Waals surface area (Å²) < 4.78 is 51.9. The Morgan fingerprint density at radius 3 is 2.41 bits per heavy atom. The molecule has 1 atom stereocenters. The highest BCUT2D eigenvalue weighted by atomic mass is 32.2. The zero-order valence-electron chi connectivity index (χ0n) is 22.5. The highest BCUT2D eigenvalue weighted by Gasteiger charge is 2.27. The third-order valence-corrected chi connectivity index (χ3v) is 8.00. The van der Waals surface area contributed by atoms with Crippen LogP contribution in [0.1, 0.15) is 24.0 Å². The molecule has 3 aromatic rings. The molecular formula is C29H31FN4O6S. The predicted molar refractivity (Wildman–Crippen MR) is 152 cm³/mol. The van der Waals surface area contributed by atoms with Gasteiger partial charge in [-0.1, -0.05) is 17.7 Å². The standard InChI is InChI=1S/C29H31FN4O6S/c1-21-4-10-24(11-5-21)34(41(37,38)27-14-8-23(30)9-15-27)19-28(35)33-32-17-22-6-12-25(13-7-22)40-20-29(36)31-18-26-3-2-16-39-26/h4-15,17,26H,2-3,16,18-20H2,1H3,(H,31,36)(H,33,35)/b32-17-/t26-/m1/s1. The van der Waals surface area contributed by atoms with Gasteiger partial charge in [0, 0.05) is 13.2 Å². The molecule has 0 radical (unpaired) electrons. The van der Waals surface area contributed by atoms with Crippen LogP contribution >= 0.6 is 0 Å². The number of carbonyl (C=O) groups is 2. The molecule has 1 saturated heterocycles. The lowest BCUT2D eigenvalue weighted by Crippen LogP contribution is -2.39. The molecule has 0 aliphatic carbocycles. The average Bonchev–Trinajstić information content (AvgIpc) is 3.49. The largest absolute Gasteiger partial charge is 0.484 e. The van der Waals surface area contributed by atoms with Gasteiger partial charge >= 0.3 is 0 Å². The predicted octanol–water partition coefficient (Wildman–Crippen LogP) is 3.15. The van der Waals surface area contributed by atoms with Crippen LogP contribution in [0.15, 0.2) is 82.8 Å². The first kappa shape index (κ1) is 29.7. The van der Waals surface area contributed by atoms with E-state index >= 15 is 0 Å². The number of rotatable bonds is 12. The van der Waals surface area contributed by atoms with Gasteiger partial charge in [-0.2, -0.15) is 5.10 Å². The van der Waals surface area contributed by atoms with Crippen molar-refractivity contribution in [3.05, 3.63) is 89.7 Å². The molecule has 12 heteroatoms. The maximum absolute atomic E-state index is 13.4. The third kappa shape index (κ3) is 8.60. The molecule has 216 valence electrons. The second-order valence-corrected chi connectivity index (χ2v) is 11.3. The number of ether oxygens (including phenoxy) is 2. The van der Waals surface area contributed by atoms with Crippen molar-refractivity contribution in [1.82, 2.24) is 10.7 Å². The molecular weight excluding hydrogens is 551 g/mol. The third-order valence-electron chi connectivity index (χ3n) is 6.21. The van der Waals surface area contributed by atoms with Crippen LogP contribution in [0.5, 0.6) is 5.75 Å². The van der Waals surface area contributed by atoms with Crippen molar-refractivity contribution in [2.45, 2.75) is 30.8 Å². The number of benzene rings is 3. The van der Waals surface area contributed by atoms with Crippen molar-refractivity contribution < 1.29 is 31.9 Å². The molecule has 1 aliphatic rings. The molecule has 2 N–H and O–H groups in total. The summed E-state index contributed by atoms with van der Waals surface area (Å²) in [4.78, 5) is 24.5. The summed E-state index contributed by atoms with van der Waals surface area (Å²) in [5.74, 6) is -1.01. The number of halogens is 1. The normalized spacial score (nSPS) is 15.0. The molecule has 0 aromatic heterocycles. The van der Waals surface area contributed by atoms with Crippen LogP contribution in [0, 0.1) is 12.7 Å². The van der Waals surface area contributed by atoms with E-state index in [4.69, 9.17) is 9.47 Å². The summed E-state index contributed by atoms with van der Waals surface area (Å²) in [5, 5.41) is 6.71. The van der Waals surface area contributed by atoms with Gasteiger partial charge in [0.2, 0.25) is 0 Å². The highest BCUT2D eigenvalue weighted by Crippen LogP contribution is 2.24. The molecule has 3 aromatic carbocycles. The van der Waals surface area contributed by atoms with Gasteiger partial charge in [0.25, 0.3) is 21.8 Å². The minimum Gasteiger partial charge on any atom is -0.484 e. The van der Waals surface area contributed by atoms with Crippen LogP contribution in [0.25, 0.3) is 0 Å². The van der Waals surface area contributed by atoms with Gasteiger partial charge in [-0.15, -0.1) is 0 Å². The van der Waals surface area contributed by atoms with Crippen LogP contribution in [-0.4, -0.2) is 58.9 Å². The van der Waals surface area contributed by atoms with Crippen LogP contribution in [0.3, 0.4) is 0 Å². The summed E-state index contributed by atoms with van der Waals surface area (Å²) in [6.45, 7) is 2.36. The Morgan fingerprint density at radius 2 is 1.76 bits per heavy atom. The number of amides is 2. The van der Waals surface area contributed by atoms with E-state index in [2.05, 4.69) is 15.8 Å². The molecule has 1 heterocycles. The second kappa shape index (κ2) is 13.9. The van der Waals surface area contributed by atoms with Crippen molar-refractivity contribution in [1.29, 1.82) is 0 Å². The van der Waals surface area contributed by atoms with E-state index < -0.39 is 28.3 Å². The number of nitrogens with zero attached hydrogens (tertiary/aromatic N) is 2. The minimum absolute atomic E-state index is 0.0582. The van der Waals surface area contributed by atoms with Crippen LogP contribution < -0.4 is 19.8 Å². The van der Waals surface area contributed by atoms with Gasteiger partial charge in [0.05, 0.1) is 22.9 Å². The summed E-state index contributed by atoms with van der Waals surface area (Å²) in [6, 6.07) is 17.7. The molecule has 41 heavy (non-hydrogen) atoms. The first-order valence-corrected chi connectivity index (χ1v) is 14.4. The zero-order valence-corrected chi connectivity index (χ0v) is 23.3. The zero-order chi connectivity index (χ0) is 29.2. The maximum Gasteiger partial charge on any atom is 0.264 e. The first-order valence-electron chi connectivity index (χ1n) is 13.0. The Balaban J connectivity index is 1.32. The Morgan fingerprint density at radius 1 is 1.05 bits per heavy atom. The van der Waals surface area contributed by atoms with Gasteiger partial charge in [-0.3, -0.25) is 13.9 Å². The van der Waals surface area contributed by atoms with E-state index in [1.54, 1.807) is 48.5 Å². The minimum atomic E-state index is -4.18. The number of anilines is 1. The molecule has 1 fully saturated rings. The summed E-state index contributed by atoms with van der Waals surface area (Å²) in [5.41, 5.74) is 4.16. The molecule has 0 spiro atoms. The highest BCUT2D eigenvalue weighted by molar-refractivity contribution is 7.92. The van der Waals surface area contributed by atoms with Gasteiger partial charge in [-0.05, 0) is 86.0 Å². The maximum atomic E-state index is 13.4. The number of hydrazone groups is 1. The number of hydrogen-bond donors (Lipinski definition) is 2. The SMILES string of the molecule is Cc1ccc(N(CC(=O)N/N=C\c2ccc(OCC(=O)NC[C@H]3CCCO3)cc2)S(=O)(=O)c2ccc(F)cc2)cc1. The van der Waals surface area contributed by atoms with E-state index in [0.29, 0.717) is 17.9 Å². The molecule has 0 saturated carbocycles. The molecule has 0 unspecified atom stereocenters. The Labute approximate surface area is 238 Å². The first-order chi connectivity index (χ1) is 19.7. The van der Waals surface area contributed by atoms with E-state index in [0.717, 1.165) is 53.6 Å². The van der Waals surface area contributed by atoms with E-state index in [1.165, 1.54) is 6.21 Å². The van der Waals surface area contributed by atoms with Crippen molar-refractivity contribution in [2.24, 2.45) is 5.10 Å². The summed E-state index contributed by atoms with van der Waals surface area (Å²) >= 11 is 0. The van der Waals surface area contributed by atoms with Crippen molar-refractivity contribution >= 4 is 33.7 Å². The van der Waals surface area contributed by atoms with E-state index in [9.17, 15) is 22.4 Å². The molecule has 4 rings (SSSR count). The van der Waals surface area contributed by atoms with Crippen LogP contribution in [0.2, 0.25) is 0 Å². The van der Waals surface area contributed by atoms with Gasteiger partial charge < -0.3 is 14.8 Å².